The Kier molecular flexibility index (Phi) is 9.69. The van der Waals surface area contributed by atoms with Gasteiger partial charge in [0.2, 0.25) is 11.8 Å². The van der Waals surface area contributed by atoms with Gasteiger partial charge in [-0.1, -0.05) is 66.2 Å². The lowest BCUT2D eigenvalue weighted by Crippen LogP contribution is -2.50. The van der Waals surface area contributed by atoms with Crippen molar-refractivity contribution in [2.75, 3.05) is 12.8 Å². The zero-order valence-electron chi connectivity index (χ0n) is 19.2. The summed E-state index contributed by atoms with van der Waals surface area (Å²) in [5.74, 6) is 0.240. The molecule has 0 aliphatic rings. The second-order valence-corrected chi connectivity index (χ2v) is 9.31. The van der Waals surface area contributed by atoms with Crippen molar-refractivity contribution in [3.05, 3.63) is 111 Å². The molecule has 3 aromatic carbocycles. The fourth-order valence-electron chi connectivity index (χ4n) is 3.61. The number of hydrogen-bond donors (Lipinski definition) is 1. The van der Waals surface area contributed by atoms with Crippen molar-refractivity contribution >= 4 is 40.9 Å². The molecule has 0 unspecified atom stereocenters. The normalized spacial score (nSPS) is 11.5. The molecule has 0 radical (unpaired) electrons. The molecule has 35 heavy (non-hydrogen) atoms. The van der Waals surface area contributed by atoms with E-state index in [9.17, 15) is 19.7 Å². The van der Waals surface area contributed by atoms with Gasteiger partial charge >= 0.3 is 0 Å². The molecule has 0 spiro atoms. The molecule has 9 heteroatoms. The fraction of sp³-hybridized carbons (Fsp3) is 0.231. The zero-order chi connectivity index (χ0) is 25.2. The molecule has 0 saturated carbocycles. The predicted octanol–water partition coefficient (Wildman–Crippen LogP) is 4.87. The lowest BCUT2D eigenvalue weighted by molar-refractivity contribution is -0.384. The Morgan fingerprint density at radius 1 is 1.00 bits per heavy atom. The lowest BCUT2D eigenvalue weighted by Gasteiger charge is -2.31. The van der Waals surface area contributed by atoms with Crippen LogP contribution in [0.25, 0.3) is 0 Å². The number of benzene rings is 3. The van der Waals surface area contributed by atoms with E-state index in [0.717, 1.165) is 16.7 Å². The second-order valence-electron chi connectivity index (χ2n) is 7.89. The Labute approximate surface area is 213 Å². The average Bonchev–Trinajstić information content (AvgIpc) is 2.86. The van der Waals surface area contributed by atoms with Gasteiger partial charge in [0.25, 0.3) is 5.69 Å². The van der Waals surface area contributed by atoms with Crippen LogP contribution < -0.4 is 5.32 Å². The summed E-state index contributed by atoms with van der Waals surface area (Å²) in [5.41, 5.74) is 2.68. The molecule has 182 valence electrons. The molecule has 7 nitrogen and oxygen atoms in total. The highest BCUT2D eigenvalue weighted by molar-refractivity contribution is 7.99. The number of thioether (sulfide) groups is 1. The van der Waals surface area contributed by atoms with E-state index in [-0.39, 0.29) is 29.8 Å². The molecular formula is C26H26ClN3O4S. The first-order chi connectivity index (χ1) is 16.9. The smallest absolute Gasteiger partial charge is 0.269 e. The van der Waals surface area contributed by atoms with E-state index < -0.39 is 11.0 Å². The van der Waals surface area contributed by atoms with Crippen LogP contribution in [0.4, 0.5) is 5.69 Å². The lowest BCUT2D eigenvalue weighted by atomic mass is 10.0. The van der Waals surface area contributed by atoms with Gasteiger partial charge in [-0.15, -0.1) is 11.8 Å². The molecule has 3 rings (SSSR count). The summed E-state index contributed by atoms with van der Waals surface area (Å²) in [6, 6.07) is 22.4. The number of halogens is 1. The summed E-state index contributed by atoms with van der Waals surface area (Å²) < 4.78 is 0. The summed E-state index contributed by atoms with van der Waals surface area (Å²) in [6.07, 6.45) is 0.375. The number of nitrogens with zero attached hydrogens (tertiary/aromatic N) is 2. The van der Waals surface area contributed by atoms with Crippen LogP contribution in [0.1, 0.15) is 16.7 Å². The highest BCUT2D eigenvalue weighted by atomic mass is 35.5. The van der Waals surface area contributed by atoms with Gasteiger partial charge in [-0.2, -0.15) is 0 Å². The van der Waals surface area contributed by atoms with Crippen LogP contribution in [-0.2, 0) is 28.3 Å². The van der Waals surface area contributed by atoms with Crippen molar-refractivity contribution < 1.29 is 14.5 Å². The van der Waals surface area contributed by atoms with Crippen LogP contribution in [0.5, 0.6) is 0 Å². The molecule has 1 atom stereocenters. The number of carbonyl (C=O) groups is 2. The number of hydrogen-bond acceptors (Lipinski definition) is 5. The van der Waals surface area contributed by atoms with Gasteiger partial charge in [-0.25, -0.2) is 0 Å². The number of likely N-dealkylation sites (N-methyl/N-ethyl adjacent to an activating group) is 1. The zero-order valence-corrected chi connectivity index (χ0v) is 20.8. The van der Waals surface area contributed by atoms with E-state index >= 15 is 0 Å². The van der Waals surface area contributed by atoms with Crippen LogP contribution in [0.15, 0.2) is 78.9 Å². The number of nitrogens with one attached hydrogen (secondary N) is 1. The highest BCUT2D eigenvalue weighted by Crippen LogP contribution is 2.21. The molecule has 2 amide bonds. The minimum atomic E-state index is -0.700. The minimum Gasteiger partial charge on any atom is -0.357 e. The van der Waals surface area contributed by atoms with Crippen LogP contribution in [-0.4, -0.2) is 40.5 Å². The van der Waals surface area contributed by atoms with Crippen molar-refractivity contribution in [2.24, 2.45) is 0 Å². The topological polar surface area (TPSA) is 92.6 Å². The van der Waals surface area contributed by atoms with E-state index in [2.05, 4.69) is 5.32 Å². The van der Waals surface area contributed by atoms with Crippen LogP contribution in [0, 0.1) is 10.1 Å². The van der Waals surface area contributed by atoms with Gasteiger partial charge in [0, 0.05) is 42.9 Å². The van der Waals surface area contributed by atoms with Gasteiger partial charge in [0.1, 0.15) is 6.04 Å². The Morgan fingerprint density at radius 3 is 2.31 bits per heavy atom. The molecule has 0 heterocycles. The van der Waals surface area contributed by atoms with E-state index in [0.29, 0.717) is 17.2 Å². The minimum absolute atomic E-state index is 0.0249. The van der Waals surface area contributed by atoms with Gasteiger partial charge < -0.3 is 10.2 Å². The van der Waals surface area contributed by atoms with Crippen LogP contribution in [0.2, 0.25) is 5.02 Å². The maximum atomic E-state index is 13.4. The first-order valence-electron chi connectivity index (χ1n) is 11.0. The quantitative estimate of drug-likeness (QED) is 0.293. The van der Waals surface area contributed by atoms with E-state index in [1.165, 1.54) is 23.9 Å². The van der Waals surface area contributed by atoms with Crippen molar-refractivity contribution in [3.8, 4) is 0 Å². The van der Waals surface area contributed by atoms with Gasteiger partial charge in [0.15, 0.2) is 0 Å². The molecule has 0 aliphatic carbocycles. The number of nitro groups is 1. The highest BCUT2D eigenvalue weighted by Gasteiger charge is 2.29. The molecular weight excluding hydrogens is 486 g/mol. The number of amides is 2. The first-order valence-corrected chi connectivity index (χ1v) is 12.5. The molecule has 0 bridgehead atoms. The molecule has 0 aliphatic heterocycles. The number of nitro benzene ring substituents is 1. The Hall–Kier alpha value is -3.36. The van der Waals surface area contributed by atoms with Crippen molar-refractivity contribution in [3.63, 3.8) is 0 Å². The molecule has 0 aromatic heterocycles. The summed E-state index contributed by atoms with van der Waals surface area (Å²) in [5, 5.41) is 14.1. The third kappa shape index (κ3) is 7.83. The number of carbonyl (C=O) groups excluding carboxylic acids is 2. The first kappa shape index (κ1) is 26.2. The van der Waals surface area contributed by atoms with Crippen molar-refractivity contribution in [1.82, 2.24) is 10.2 Å². The van der Waals surface area contributed by atoms with Gasteiger partial charge in [-0.3, -0.25) is 19.7 Å². The monoisotopic (exact) mass is 511 g/mol. The van der Waals surface area contributed by atoms with Crippen LogP contribution >= 0.6 is 23.4 Å². The van der Waals surface area contributed by atoms with Crippen LogP contribution in [0.3, 0.4) is 0 Å². The summed E-state index contributed by atoms with van der Waals surface area (Å²) in [4.78, 5) is 38.3. The summed E-state index contributed by atoms with van der Waals surface area (Å²) in [7, 11) is 1.56. The van der Waals surface area contributed by atoms with Crippen molar-refractivity contribution in [1.29, 1.82) is 0 Å². The molecule has 1 N–H and O–H groups in total. The molecule has 0 fully saturated rings. The van der Waals surface area contributed by atoms with E-state index in [1.54, 1.807) is 36.2 Å². The van der Waals surface area contributed by atoms with Gasteiger partial charge in [0.05, 0.1) is 10.7 Å². The maximum absolute atomic E-state index is 13.4. The Morgan fingerprint density at radius 2 is 1.69 bits per heavy atom. The second kappa shape index (κ2) is 12.9. The number of rotatable bonds is 11. The average molecular weight is 512 g/mol. The molecule has 0 saturated heterocycles. The standard InChI is InChI=1S/C26H26ClN3O4S/c1-28-26(32)24(15-19-6-3-2-4-7-19)29(16-21-8-5-9-22(27)14-21)25(31)18-35-17-20-10-12-23(13-11-20)30(33)34/h2-14,24H,15-18H2,1H3,(H,28,32)/t24-/m1/s1. The van der Waals surface area contributed by atoms with E-state index in [4.69, 9.17) is 11.6 Å². The Bertz CT molecular complexity index is 1160. The molecule has 3 aromatic rings. The third-order valence-corrected chi connectivity index (χ3v) is 6.62. The summed E-state index contributed by atoms with van der Waals surface area (Å²) in [6.45, 7) is 0.238. The number of non-ortho nitro benzene ring substituents is 1. The SMILES string of the molecule is CNC(=O)[C@@H](Cc1ccccc1)N(Cc1cccc(Cl)c1)C(=O)CSCc1ccc([N+](=O)[O-])cc1. The Balaban J connectivity index is 1.78. The predicted molar refractivity (Wildman–Crippen MR) is 139 cm³/mol. The maximum Gasteiger partial charge on any atom is 0.269 e. The third-order valence-electron chi connectivity index (χ3n) is 5.40. The van der Waals surface area contributed by atoms with Gasteiger partial charge in [-0.05, 0) is 28.8 Å². The largest absolute Gasteiger partial charge is 0.357 e. The van der Waals surface area contributed by atoms with E-state index in [1.807, 2.05) is 42.5 Å². The summed E-state index contributed by atoms with van der Waals surface area (Å²) >= 11 is 7.56. The fourth-order valence-corrected chi connectivity index (χ4v) is 4.69. The van der Waals surface area contributed by atoms with Crippen molar-refractivity contribution in [2.45, 2.75) is 24.8 Å².